The third-order valence-electron chi connectivity index (χ3n) is 3.32. The molecule has 5 heteroatoms. The van der Waals surface area contributed by atoms with Gasteiger partial charge in [-0.25, -0.2) is 0 Å². The first-order chi connectivity index (χ1) is 11.2. The lowest BCUT2D eigenvalue weighted by Gasteiger charge is -2.14. The van der Waals surface area contributed by atoms with Crippen LogP contribution in [0, 0.1) is 0 Å². The summed E-state index contributed by atoms with van der Waals surface area (Å²) in [4.78, 5) is 11.9. The van der Waals surface area contributed by atoms with Crippen LogP contribution in [0.1, 0.15) is 12.0 Å². The zero-order valence-corrected chi connectivity index (χ0v) is 13.5. The second-order valence-electron chi connectivity index (χ2n) is 4.82. The van der Waals surface area contributed by atoms with E-state index in [1.807, 2.05) is 30.3 Å². The minimum atomic E-state index is -0.287. The topological polar surface area (TPSA) is 54.0 Å². The van der Waals surface area contributed by atoms with Crippen molar-refractivity contribution < 1.29 is 23.7 Å². The molecule has 0 radical (unpaired) electrons. The maximum atomic E-state index is 11.9. The van der Waals surface area contributed by atoms with Crippen LogP contribution in [0.4, 0.5) is 0 Å². The molecule has 0 heterocycles. The van der Waals surface area contributed by atoms with E-state index < -0.39 is 0 Å². The number of rotatable bonds is 7. The number of hydrogen-bond donors (Lipinski definition) is 0. The molecule has 0 aliphatic rings. The number of carbonyl (C=O) groups is 1. The molecule has 0 bridgehead atoms. The molecule has 0 aliphatic carbocycles. The highest BCUT2D eigenvalue weighted by atomic mass is 16.5. The van der Waals surface area contributed by atoms with Crippen LogP contribution in [-0.2, 0) is 11.2 Å². The Morgan fingerprint density at radius 1 is 0.913 bits per heavy atom. The Hall–Kier alpha value is -2.69. The van der Waals surface area contributed by atoms with Gasteiger partial charge in [0.1, 0.15) is 5.75 Å². The first-order valence-electron chi connectivity index (χ1n) is 7.22. The van der Waals surface area contributed by atoms with Gasteiger partial charge in [0.15, 0.2) is 11.5 Å². The van der Waals surface area contributed by atoms with E-state index >= 15 is 0 Å². The molecule has 0 aliphatic heterocycles. The molecule has 2 aromatic carbocycles. The average Bonchev–Trinajstić information content (AvgIpc) is 2.59. The van der Waals surface area contributed by atoms with E-state index in [0.29, 0.717) is 29.4 Å². The van der Waals surface area contributed by atoms with Gasteiger partial charge in [-0.3, -0.25) is 4.79 Å². The number of esters is 1. The van der Waals surface area contributed by atoms with Crippen LogP contribution in [-0.4, -0.2) is 27.3 Å². The Bertz CT molecular complexity index is 627. The van der Waals surface area contributed by atoms with Gasteiger partial charge in [0.2, 0.25) is 5.75 Å². The lowest BCUT2D eigenvalue weighted by atomic mass is 10.1. The van der Waals surface area contributed by atoms with Crippen molar-refractivity contribution in [2.24, 2.45) is 0 Å². The number of hydrogen-bond acceptors (Lipinski definition) is 5. The average molecular weight is 316 g/mol. The van der Waals surface area contributed by atoms with Crippen LogP contribution < -0.4 is 18.9 Å². The van der Waals surface area contributed by atoms with Crippen molar-refractivity contribution >= 4 is 5.97 Å². The molecule has 5 nitrogen and oxygen atoms in total. The van der Waals surface area contributed by atoms with Gasteiger partial charge < -0.3 is 18.9 Å². The molecule has 23 heavy (non-hydrogen) atoms. The fraction of sp³-hybridized carbons (Fsp3) is 0.278. The Morgan fingerprint density at radius 3 is 2.04 bits per heavy atom. The van der Waals surface area contributed by atoms with Gasteiger partial charge in [-0.15, -0.1) is 0 Å². The molecule has 0 atom stereocenters. The standard InChI is InChI=1S/C18H20O5/c1-20-15-11-13(12-16(21-2)18(15)22-3)9-10-17(19)23-14-7-5-4-6-8-14/h4-8,11-12H,9-10H2,1-3H3. The smallest absolute Gasteiger partial charge is 0.311 e. The second-order valence-corrected chi connectivity index (χ2v) is 4.82. The van der Waals surface area contributed by atoms with Gasteiger partial charge in [-0.2, -0.15) is 0 Å². The maximum absolute atomic E-state index is 11.9. The number of aryl methyl sites for hydroxylation is 1. The maximum Gasteiger partial charge on any atom is 0.311 e. The molecule has 0 saturated heterocycles. The van der Waals surface area contributed by atoms with Crippen LogP contribution in [0.15, 0.2) is 42.5 Å². The molecular formula is C18H20O5. The van der Waals surface area contributed by atoms with Crippen LogP contribution in [0.3, 0.4) is 0 Å². The minimum absolute atomic E-state index is 0.257. The van der Waals surface area contributed by atoms with E-state index in [0.717, 1.165) is 5.56 Å². The van der Waals surface area contributed by atoms with E-state index in [1.54, 1.807) is 33.5 Å². The summed E-state index contributed by atoms with van der Waals surface area (Å²) in [7, 11) is 4.67. The predicted octanol–water partition coefficient (Wildman–Crippen LogP) is 3.25. The number of methoxy groups -OCH3 is 3. The van der Waals surface area contributed by atoms with Gasteiger partial charge in [0.25, 0.3) is 0 Å². The van der Waals surface area contributed by atoms with Crippen LogP contribution in [0.25, 0.3) is 0 Å². The monoisotopic (exact) mass is 316 g/mol. The summed E-state index contributed by atoms with van der Waals surface area (Å²) in [6, 6.07) is 12.7. The summed E-state index contributed by atoms with van der Waals surface area (Å²) in [6.07, 6.45) is 0.774. The van der Waals surface area contributed by atoms with Crippen molar-refractivity contribution in [3.63, 3.8) is 0 Å². The normalized spacial score (nSPS) is 10.0. The Labute approximate surface area is 135 Å². The summed E-state index contributed by atoms with van der Waals surface area (Å²) >= 11 is 0. The zero-order chi connectivity index (χ0) is 16.7. The molecule has 122 valence electrons. The highest BCUT2D eigenvalue weighted by Crippen LogP contribution is 2.38. The van der Waals surface area contributed by atoms with Crippen LogP contribution in [0.5, 0.6) is 23.0 Å². The van der Waals surface area contributed by atoms with Crippen molar-refractivity contribution in [2.75, 3.05) is 21.3 Å². The second kappa shape index (κ2) is 8.08. The third-order valence-corrected chi connectivity index (χ3v) is 3.32. The highest BCUT2D eigenvalue weighted by Gasteiger charge is 2.14. The lowest BCUT2D eigenvalue weighted by molar-refractivity contribution is -0.134. The quantitative estimate of drug-likeness (QED) is 0.580. The zero-order valence-electron chi connectivity index (χ0n) is 13.5. The summed E-state index contributed by atoms with van der Waals surface area (Å²) < 4.78 is 21.1. The summed E-state index contributed by atoms with van der Waals surface area (Å²) in [5.41, 5.74) is 0.907. The largest absolute Gasteiger partial charge is 0.493 e. The Morgan fingerprint density at radius 2 is 1.52 bits per heavy atom. The van der Waals surface area contributed by atoms with Gasteiger partial charge >= 0.3 is 5.97 Å². The van der Waals surface area contributed by atoms with Gasteiger partial charge in [-0.05, 0) is 36.2 Å². The van der Waals surface area contributed by atoms with E-state index in [9.17, 15) is 4.79 Å². The molecule has 0 unspecified atom stereocenters. The van der Waals surface area contributed by atoms with Crippen molar-refractivity contribution in [2.45, 2.75) is 12.8 Å². The molecule has 2 aromatic rings. The molecular weight excluding hydrogens is 296 g/mol. The molecule has 0 saturated carbocycles. The van der Waals surface area contributed by atoms with Crippen molar-refractivity contribution in [1.82, 2.24) is 0 Å². The highest BCUT2D eigenvalue weighted by molar-refractivity contribution is 5.72. The van der Waals surface area contributed by atoms with Crippen LogP contribution in [0.2, 0.25) is 0 Å². The molecule has 0 spiro atoms. The molecule has 0 aromatic heterocycles. The van der Waals surface area contributed by atoms with Crippen molar-refractivity contribution in [1.29, 1.82) is 0 Å². The van der Waals surface area contributed by atoms with Crippen molar-refractivity contribution in [3.05, 3.63) is 48.0 Å². The number of ether oxygens (including phenoxy) is 4. The van der Waals surface area contributed by atoms with Gasteiger partial charge in [0.05, 0.1) is 21.3 Å². The minimum Gasteiger partial charge on any atom is -0.493 e. The Kier molecular flexibility index (Phi) is 5.86. The Balaban J connectivity index is 2.04. The predicted molar refractivity (Wildman–Crippen MR) is 86.5 cm³/mol. The molecule has 0 N–H and O–H groups in total. The van der Waals surface area contributed by atoms with E-state index in [2.05, 4.69) is 0 Å². The van der Waals surface area contributed by atoms with E-state index in [4.69, 9.17) is 18.9 Å². The SMILES string of the molecule is COc1cc(CCC(=O)Oc2ccccc2)cc(OC)c1OC. The molecule has 0 amide bonds. The molecule has 0 fully saturated rings. The number of para-hydroxylation sites is 1. The van der Waals surface area contributed by atoms with Crippen LogP contribution >= 0.6 is 0 Å². The van der Waals surface area contributed by atoms with Gasteiger partial charge in [0, 0.05) is 6.42 Å². The number of benzene rings is 2. The first-order valence-corrected chi connectivity index (χ1v) is 7.22. The fourth-order valence-corrected chi connectivity index (χ4v) is 2.20. The third kappa shape index (κ3) is 4.39. The van der Waals surface area contributed by atoms with Crippen molar-refractivity contribution in [3.8, 4) is 23.0 Å². The first kappa shape index (κ1) is 16.7. The van der Waals surface area contributed by atoms with E-state index in [1.165, 1.54) is 0 Å². The van der Waals surface area contributed by atoms with E-state index in [-0.39, 0.29) is 12.4 Å². The van der Waals surface area contributed by atoms with Gasteiger partial charge in [-0.1, -0.05) is 18.2 Å². The molecule has 2 rings (SSSR count). The fourth-order valence-electron chi connectivity index (χ4n) is 2.20. The number of carbonyl (C=O) groups excluding carboxylic acids is 1. The summed E-state index contributed by atoms with van der Waals surface area (Å²) in [6.45, 7) is 0. The summed E-state index contributed by atoms with van der Waals surface area (Å²) in [5, 5.41) is 0. The lowest BCUT2D eigenvalue weighted by Crippen LogP contribution is -2.09. The summed E-state index contributed by atoms with van der Waals surface area (Å²) in [5.74, 6) is 1.93.